The van der Waals surface area contributed by atoms with Crippen molar-refractivity contribution >= 4 is 29.1 Å². The summed E-state index contributed by atoms with van der Waals surface area (Å²) in [5, 5.41) is 13.2. The zero-order valence-electron chi connectivity index (χ0n) is 23.7. The number of piperidine rings is 1. The maximum absolute atomic E-state index is 13.4. The van der Waals surface area contributed by atoms with Gasteiger partial charge in [0, 0.05) is 37.1 Å². The Kier molecular flexibility index (Phi) is 8.47. The van der Waals surface area contributed by atoms with E-state index in [9.17, 15) is 14.4 Å². The zero-order chi connectivity index (χ0) is 29.8. The lowest BCUT2D eigenvalue weighted by atomic mass is 10.0. The molecule has 3 N–H and O–H groups in total. The van der Waals surface area contributed by atoms with Gasteiger partial charge in [-0.1, -0.05) is 12.1 Å². The standard InChI is InChI=1S/C31H32N6O5S/c1-19-7-8-28(43-19)24-14-25(36-35-24)31(40)37-11-9-27-26(17-37)34-29(38)6-3-10-33-30(39)21-13-23(16-32-15-21)42-22-5-2-4-20(12-22)18-41-27/h2,4-5,7-8,12-16,26-27H,3,6,9-11,17-18H2,1H3,(H,33,39)(H,34,38)(H,35,36)/t26-,27-/m0/s1. The summed E-state index contributed by atoms with van der Waals surface area (Å²) in [6, 6.07) is 14.5. The van der Waals surface area contributed by atoms with Gasteiger partial charge in [0.25, 0.3) is 11.8 Å². The monoisotopic (exact) mass is 600 g/mol. The van der Waals surface area contributed by atoms with Gasteiger partial charge in [-0.15, -0.1) is 11.3 Å². The van der Waals surface area contributed by atoms with Crippen LogP contribution in [-0.4, -0.2) is 69.6 Å². The second kappa shape index (κ2) is 12.8. The number of likely N-dealkylation sites (tertiary alicyclic amines) is 1. The normalized spacial score (nSPS) is 19.7. The Morgan fingerprint density at radius 1 is 1.09 bits per heavy atom. The highest BCUT2D eigenvalue weighted by Crippen LogP contribution is 2.28. The topological polar surface area (TPSA) is 139 Å². The predicted molar refractivity (Wildman–Crippen MR) is 160 cm³/mol. The van der Waals surface area contributed by atoms with E-state index in [1.807, 2.05) is 43.3 Å². The summed E-state index contributed by atoms with van der Waals surface area (Å²) in [6.45, 7) is 3.41. The molecule has 3 aromatic heterocycles. The lowest BCUT2D eigenvalue weighted by Crippen LogP contribution is -2.57. The summed E-state index contributed by atoms with van der Waals surface area (Å²) in [6.07, 6.45) is 3.92. The smallest absolute Gasteiger partial charge is 0.274 e. The van der Waals surface area contributed by atoms with Gasteiger partial charge < -0.3 is 25.0 Å². The molecule has 3 amide bonds. The van der Waals surface area contributed by atoms with Gasteiger partial charge in [0.2, 0.25) is 5.91 Å². The van der Waals surface area contributed by atoms with E-state index < -0.39 is 6.04 Å². The number of aryl methyl sites for hydroxylation is 1. The lowest BCUT2D eigenvalue weighted by Gasteiger charge is -2.38. The number of aromatic amines is 1. The lowest BCUT2D eigenvalue weighted by molar-refractivity contribution is -0.124. The Hall–Kier alpha value is -4.55. The van der Waals surface area contributed by atoms with Gasteiger partial charge in [0.05, 0.1) is 41.1 Å². The second-order valence-electron chi connectivity index (χ2n) is 10.7. The molecule has 4 bridgehead atoms. The number of rotatable bonds is 2. The van der Waals surface area contributed by atoms with Crippen molar-refractivity contribution in [2.24, 2.45) is 0 Å². The first-order valence-electron chi connectivity index (χ1n) is 14.2. The number of hydrogen-bond donors (Lipinski definition) is 3. The van der Waals surface area contributed by atoms with E-state index in [4.69, 9.17) is 9.47 Å². The maximum atomic E-state index is 13.4. The molecule has 0 radical (unpaired) electrons. The third-order valence-corrected chi connectivity index (χ3v) is 8.46. The first-order chi connectivity index (χ1) is 20.9. The number of amides is 3. The van der Waals surface area contributed by atoms with Crippen LogP contribution in [0.25, 0.3) is 10.6 Å². The molecule has 4 aromatic rings. The first kappa shape index (κ1) is 28.6. The van der Waals surface area contributed by atoms with Gasteiger partial charge >= 0.3 is 0 Å². The molecular weight excluding hydrogens is 568 g/mol. The van der Waals surface area contributed by atoms with E-state index in [0.29, 0.717) is 55.3 Å². The molecule has 1 aromatic carbocycles. The van der Waals surface area contributed by atoms with Crippen LogP contribution in [0.4, 0.5) is 0 Å². The quantitative estimate of drug-likeness (QED) is 0.315. The summed E-state index contributed by atoms with van der Waals surface area (Å²) in [5.41, 5.74) is 2.38. The van der Waals surface area contributed by atoms with Crippen molar-refractivity contribution in [2.75, 3.05) is 19.6 Å². The molecule has 0 unspecified atom stereocenters. The Labute approximate surface area is 252 Å². The van der Waals surface area contributed by atoms with Crippen LogP contribution in [-0.2, 0) is 16.1 Å². The largest absolute Gasteiger partial charge is 0.456 e. The molecule has 1 fully saturated rings. The number of thiophene rings is 1. The SMILES string of the molecule is Cc1ccc(-c2cc(C(=O)N3CC[C@@H]4OCc5cccc(c5)Oc5cncc(c5)C(=O)NCCCC(=O)N[C@H]4C3)n[nH]2)s1. The molecule has 12 heteroatoms. The van der Waals surface area contributed by atoms with E-state index in [2.05, 4.69) is 25.8 Å². The number of benzene rings is 1. The minimum absolute atomic E-state index is 0.169. The number of pyridine rings is 1. The number of ether oxygens (including phenoxy) is 2. The van der Waals surface area contributed by atoms with E-state index in [0.717, 1.165) is 16.1 Å². The van der Waals surface area contributed by atoms with Gasteiger partial charge in [0.15, 0.2) is 5.69 Å². The third-order valence-electron chi connectivity index (χ3n) is 7.43. The van der Waals surface area contributed by atoms with Crippen LogP contribution in [0.5, 0.6) is 11.5 Å². The zero-order valence-corrected chi connectivity index (χ0v) is 24.5. The molecular formula is C31H32N6O5S. The molecule has 11 nitrogen and oxygen atoms in total. The van der Waals surface area contributed by atoms with Crippen molar-refractivity contribution in [2.45, 2.75) is 44.9 Å². The fraction of sp³-hybridized carbons (Fsp3) is 0.323. The summed E-state index contributed by atoms with van der Waals surface area (Å²) in [5.74, 6) is 0.366. The van der Waals surface area contributed by atoms with Gasteiger partial charge in [-0.2, -0.15) is 5.10 Å². The van der Waals surface area contributed by atoms with Crippen LogP contribution in [0.1, 0.15) is 50.5 Å². The Morgan fingerprint density at radius 3 is 2.86 bits per heavy atom. The highest BCUT2D eigenvalue weighted by atomic mass is 32.1. The van der Waals surface area contributed by atoms with Gasteiger partial charge in [-0.3, -0.25) is 24.5 Å². The fourth-order valence-electron chi connectivity index (χ4n) is 5.22. The Balaban J connectivity index is 1.18. The summed E-state index contributed by atoms with van der Waals surface area (Å²) >= 11 is 1.63. The maximum Gasteiger partial charge on any atom is 0.274 e. The second-order valence-corrected chi connectivity index (χ2v) is 11.9. The van der Waals surface area contributed by atoms with Crippen molar-refractivity contribution in [3.8, 4) is 22.1 Å². The van der Waals surface area contributed by atoms with Crippen molar-refractivity contribution in [3.63, 3.8) is 0 Å². The highest BCUT2D eigenvalue weighted by molar-refractivity contribution is 7.15. The average Bonchev–Trinajstić information content (AvgIpc) is 3.67. The number of carbonyl (C=O) groups is 3. The van der Waals surface area contributed by atoms with Crippen LogP contribution in [0.15, 0.2) is 60.9 Å². The minimum Gasteiger partial charge on any atom is -0.456 e. The minimum atomic E-state index is -0.414. The number of nitrogens with zero attached hydrogens (tertiary/aromatic N) is 3. The van der Waals surface area contributed by atoms with E-state index in [-0.39, 0.29) is 36.8 Å². The number of aromatic nitrogens is 3. The van der Waals surface area contributed by atoms with E-state index in [1.165, 1.54) is 11.1 Å². The molecule has 5 heterocycles. The molecule has 0 aliphatic carbocycles. The van der Waals surface area contributed by atoms with Crippen molar-refractivity contribution in [1.29, 1.82) is 0 Å². The van der Waals surface area contributed by atoms with Crippen LogP contribution < -0.4 is 15.4 Å². The molecule has 0 saturated carbocycles. The fourth-order valence-corrected chi connectivity index (χ4v) is 6.05. The van der Waals surface area contributed by atoms with Gasteiger partial charge in [-0.25, -0.2) is 0 Å². The first-order valence-corrected chi connectivity index (χ1v) is 15.1. The van der Waals surface area contributed by atoms with Crippen LogP contribution >= 0.6 is 11.3 Å². The van der Waals surface area contributed by atoms with Crippen LogP contribution in [0, 0.1) is 6.92 Å². The summed E-state index contributed by atoms with van der Waals surface area (Å²) < 4.78 is 12.3. The Morgan fingerprint density at radius 2 is 2.00 bits per heavy atom. The molecule has 1 saturated heterocycles. The van der Waals surface area contributed by atoms with Crippen molar-refractivity contribution in [1.82, 2.24) is 30.7 Å². The number of carbonyl (C=O) groups excluding carboxylic acids is 3. The molecule has 0 spiro atoms. The molecule has 2 aliphatic heterocycles. The molecule has 2 aliphatic rings. The molecule has 2 atom stereocenters. The highest BCUT2D eigenvalue weighted by Gasteiger charge is 2.34. The van der Waals surface area contributed by atoms with E-state index in [1.54, 1.807) is 34.6 Å². The number of fused-ring (bicyclic) bond motifs is 5. The van der Waals surface area contributed by atoms with Gasteiger partial charge in [0.1, 0.15) is 11.5 Å². The van der Waals surface area contributed by atoms with E-state index >= 15 is 0 Å². The number of nitrogens with one attached hydrogen (secondary N) is 3. The third kappa shape index (κ3) is 6.92. The van der Waals surface area contributed by atoms with Gasteiger partial charge in [-0.05, 0) is 61.7 Å². The number of H-pyrrole nitrogens is 1. The summed E-state index contributed by atoms with van der Waals surface area (Å²) in [7, 11) is 0. The summed E-state index contributed by atoms with van der Waals surface area (Å²) in [4.78, 5) is 47.1. The van der Waals surface area contributed by atoms with Crippen LogP contribution in [0.2, 0.25) is 0 Å². The Bertz CT molecular complexity index is 1630. The molecule has 43 heavy (non-hydrogen) atoms. The molecule has 222 valence electrons. The average molecular weight is 601 g/mol. The number of hydrogen-bond acceptors (Lipinski definition) is 8. The van der Waals surface area contributed by atoms with Crippen molar-refractivity contribution < 1.29 is 23.9 Å². The molecule has 6 rings (SSSR count). The predicted octanol–water partition coefficient (Wildman–Crippen LogP) is 4.07. The van der Waals surface area contributed by atoms with Crippen molar-refractivity contribution in [3.05, 3.63) is 82.6 Å². The van der Waals surface area contributed by atoms with Crippen LogP contribution in [0.3, 0.4) is 0 Å².